The number of hydrogen-bond acceptors (Lipinski definition) is 5. The monoisotopic (exact) mass is 385 g/mol. The average molecular weight is 385 g/mol. The number of nitrogens with one attached hydrogen (secondary N) is 1. The Morgan fingerprint density at radius 2 is 2.00 bits per heavy atom. The number of alkyl halides is 2. The summed E-state index contributed by atoms with van der Waals surface area (Å²) >= 11 is 1.27. The number of amides is 1. The number of anilines is 1. The number of ether oxygens (including phenoxy) is 1. The molecule has 1 aromatic carbocycles. The van der Waals surface area contributed by atoms with Crippen LogP contribution in [0.4, 0.5) is 14.6 Å². The molecule has 0 saturated heterocycles. The molecule has 1 amide bonds. The fourth-order valence-electron chi connectivity index (χ4n) is 2.34. The van der Waals surface area contributed by atoms with Crippen LogP contribution in [0.15, 0.2) is 54.7 Å². The number of thiophene rings is 1. The minimum Gasteiger partial charge on any atom is -0.435 e. The van der Waals surface area contributed by atoms with Crippen LogP contribution >= 0.6 is 11.3 Å². The first-order valence-electron chi connectivity index (χ1n) is 7.83. The molecule has 27 heavy (non-hydrogen) atoms. The minimum atomic E-state index is -2.87. The molecule has 3 rings (SSSR count). The summed E-state index contributed by atoms with van der Waals surface area (Å²) < 4.78 is 28.7. The zero-order valence-corrected chi connectivity index (χ0v) is 14.7. The molecule has 0 spiro atoms. The first-order chi connectivity index (χ1) is 13.0. The summed E-state index contributed by atoms with van der Waals surface area (Å²) in [6.07, 6.45) is 1.77. The quantitative estimate of drug-likeness (QED) is 0.666. The molecule has 0 unspecified atom stereocenters. The number of hydrogen-bond donors (Lipinski definition) is 1. The summed E-state index contributed by atoms with van der Waals surface area (Å²) in [6.45, 7) is -2.87. The third-order valence-electron chi connectivity index (χ3n) is 3.54. The molecule has 0 aliphatic rings. The van der Waals surface area contributed by atoms with Crippen LogP contribution in [-0.4, -0.2) is 17.5 Å². The highest BCUT2D eigenvalue weighted by Crippen LogP contribution is 2.30. The topological polar surface area (TPSA) is 75.0 Å². The standard InChI is InChI=1S/C19H13F2N3O2S/c20-19(21)26-14-3-1-13(2-4-14)15-5-6-16(27-15)18(25)24-17-11-12(7-9-22)8-10-23-17/h1-6,8,10-11,19H,7H2,(H,23,24,25). The molecule has 0 saturated carbocycles. The molecule has 1 N–H and O–H groups in total. The molecule has 5 nitrogen and oxygen atoms in total. The van der Waals surface area contributed by atoms with Crippen molar-refractivity contribution in [3.8, 4) is 22.3 Å². The largest absolute Gasteiger partial charge is 0.435 e. The van der Waals surface area contributed by atoms with Gasteiger partial charge < -0.3 is 10.1 Å². The maximum Gasteiger partial charge on any atom is 0.387 e. The highest BCUT2D eigenvalue weighted by Gasteiger charge is 2.12. The Bertz CT molecular complexity index is 981. The predicted octanol–water partition coefficient (Wildman–Crippen LogP) is 4.73. The highest BCUT2D eigenvalue weighted by molar-refractivity contribution is 7.17. The molecule has 2 aromatic heterocycles. The number of rotatable bonds is 6. The van der Waals surface area contributed by atoms with Crippen LogP contribution in [0.3, 0.4) is 0 Å². The van der Waals surface area contributed by atoms with Crippen molar-refractivity contribution in [2.75, 3.05) is 5.32 Å². The lowest BCUT2D eigenvalue weighted by Crippen LogP contribution is -2.11. The van der Waals surface area contributed by atoms with Gasteiger partial charge in [0.25, 0.3) is 5.91 Å². The number of carbonyl (C=O) groups excluding carboxylic acids is 1. The van der Waals surface area contributed by atoms with E-state index in [4.69, 9.17) is 5.26 Å². The summed E-state index contributed by atoms with van der Waals surface area (Å²) in [5.74, 6) is 0.133. The normalized spacial score (nSPS) is 10.4. The van der Waals surface area contributed by atoms with Crippen LogP contribution in [0.25, 0.3) is 10.4 Å². The van der Waals surface area contributed by atoms with Crippen molar-refractivity contribution in [2.45, 2.75) is 13.0 Å². The summed E-state index contributed by atoms with van der Waals surface area (Å²) in [5, 5.41) is 11.4. The van der Waals surface area contributed by atoms with Gasteiger partial charge in [0, 0.05) is 11.1 Å². The molecule has 0 radical (unpaired) electrons. The Morgan fingerprint density at radius 3 is 2.70 bits per heavy atom. The molecule has 136 valence electrons. The van der Waals surface area contributed by atoms with Crippen LogP contribution in [-0.2, 0) is 6.42 Å². The zero-order chi connectivity index (χ0) is 19.2. The van der Waals surface area contributed by atoms with Crippen molar-refractivity contribution >= 4 is 23.1 Å². The number of pyridine rings is 1. The number of halogens is 2. The van der Waals surface area contributed by atoms with Crippen molar-refractivity contribution < 1.29 is 18.3 Å². The molecule has 0 fully saturated rings. The van der Waals surface area contributed by atoms with E-state index in [9.17, 15) is 13.6 Å². The fraction of sp³-hybridized carbons (Fsp3) is 0.105. The van der Waals surface area contributed by atoms with E-state index < -0.39 is 6.61 Å². The Hall–Kier alpha value is -3.31. The van der Waals surface area contributed by atoms with Crippen molar-refractivity contribution in [2.24, 2.45) is 0 Å². The van der Waals surface area contributed by atoms with Gasteiger partial charge in [-0.3, -0.25) is 4.79 Å². The third-order valence-corrected chi connectivity index (χ3v) is 4.68. The maximum absolute atomic E-state index is 12.4. The molecule has 0 atom stereocenters. The van der Waals surface area contributed by atoms with Gasteiger partial charge in [0.15, 0.2) is 0 Å². The lowest BCUT2D eigenvalue weighted by Gasteiger charge is -2.05. The number of benzene rings is 1. The highest BCUT2D eigenvalue weighted by atomic mass is 32.1. The Labute approximate surface area is 157 Å². The van der Waals surface area contributed by atoms with E-state index >= 15 is 0 Å². The van der Waals surface area contributed by atoms with Gasteiger partial charge in [0.2, 0.25) is 0 Å². The van der Waals surface area contributed by atoms with Crippen molar-refractivity contribution in [1.82, 2.24) is 4.98 Å². The van der Waals surface area contributed by atoms with E-state index in [0.29, 0.717) is 10.7 Å². The van der Waals surface area contributed by atoms with Gasteiger partial charge in [-0.25, -0.2) is 4.98 Å². The number of nitrogens with zero attached hydrogens (tertiary/aromatic N) is 2. The van der Waals surface area contributed by atoms with Gasteiger partial charge in [0.05, 0.1) is 17.4 Å². The van der Waals surface area contributed by atoms with Crippen LogP contribution in [0.5, 0.6) is 5.75 Å². The Kier molecular flexibility index (Phi) is 5.74. The van der Waals surface area contributed by atoms with Crippen molar-refractivity contribution in [1.29, 1.82) is 5.26 Å². The summed E-state index contributed by atoms with van der Waals surface area (Å²) in [5.41, 5.74) is 1.55. The van der Waals surface area contributed by atoms with E-state index in [2.05, 4.69) is 15.0 Å². The fourth-order valence-corrected chi connectivity index (χ4v) is 3.24. The lowest BCUT2D eigenvalue weighted by atomic mass is 10.2. The summed E-state index contributed by atoms with van der Waals surface area (Å²) in [4.78, 5) is 17.8. The van der Waals surface area contributed by atoms with Crippen LogP contribution < -0.4 is 10.1 Å². The molecule has 3 aromatic rings. The van der Waals surface area contributed by atoms with E-state index in [1.807, 2.05) is 6.07 Å². The lowest BCUT2D eigenvalue weighted by molar-refractivity contribution is -0.0498. The summed E-state index contributed by atoms with van der Waals surface area (Å²) in [7, 11) is 0. The van der Waals surface area contributed by atoms with Gasteiger partial charge in [-0.2, -0.15) is 14.0 Å². The van der Waals surface area contributed by atoms with Gasteiger partial charge in [0.1, 0.15) is 11.6 Å². The number of nitriles is 1. The van der Waals surface area contributed by atoms with E-state index in [0.717, 1.165) is 16.0 Å². The van der Waals surface area contributed by atoms with Gasteiger partial charge in [-0.15, -0.1) is 11.3 Å². The smallest absolute Gasteiger partial charge is 0.387 e. The zero-order valence-electron chi connectivity index (χ0n) is 13.9. The molecule has 0 bridgehead atoms. The van der Waals surface area contributed by atoms with Crippen LogP contribution in [0.2, 0.25) is 0 Å². The first kappa shape index (κ1) is 18.5. The maximum atomic E-state index is 12.4. The van der Waals surface area contributed by atoms with Crippen molar-refractivity contribution in [3.05, 3.63) is 65.2 Å². The SMILES string of the molecule is N#CCc1ccnc(NC(=O)c2ccc(-c3ccc(OC(F)F)cc3)s2)c1. The molecule has 0 aliphatic carbocycles. The summed E-state index contributed by atoms with van der Waals surface area (Å²) in [6, 6.07) is 15.1. The second kappa shape index (κ2) is 8.38. The molecule has 8 heteroatoms. The minimum absolute atomic E-state index is 0.0756. The van der Waals surface area contributed by atoms with Crippen LogP contribution in [0, 0.1) is 11.3 Å². The van der Waals surface area contributed by atoms with Gasteiger partial charge in [-0.05, 0) is 59.7 Å². The molecule has 2 heterocycles. The predicted molar refractivity (Wildman–Crippen MR) is 97.9 cm³/mol. The average Bonchev–Trinajstić information content (AvgIpc) is 3.13. The Balaban J connectivity index is 1.70. The number of carbonyl (C=O) groups is 1. The van der Waals surface area contributed by atoms with E-state index in [1.54, 1.807) is 36.4 Å². The van der Waals surface area contributed by atoms with Gasteiger partial charge >= 0.3 is 6.61 Å². The number of aromatic nitrogens is 1. The van der Waals surface area contributed by atoms with Gasteiger partial charge in [-0.1, -0.05) is 0 Å². The van der Waals surface area contributed by atoms with E-state index in [-0.39, 0.29) is 18.1 Å². The van der Waals surface area contributed by atoms with Crippen molar-refractivity contribution in [3.63, 3.8) is 0 Å². The molecule has 0 aliphatic heterocycles. The third kappa shape index (κ3) is 4.86. The molecular weight excluding hydrogens is 372 g/mol. The molecular formula is C19H13F2N3O2S. The van der Waals surface area contributed by atoms with Crippen LogP contribution in [0.1, 0.15) is 15.2 Å². The Morgan fingerprint density at radius 1 is 1.22 bits per heavy atom. The second-order valence-electron chi connectivity index (χ2n) is 5.41. The second-order valence-corrected chi connectivity index (χ2v) is 6.49. The first-order valence-corrected chi connectivity index (χ1v) is 8.65. The van der Waals surface area contributed by atoms with E-state index in [1.165, 1.54) is 29.7 Å².